The van der Waals surface area contributed by atoms with Crippen molar-refractivity contribution < 1.29 is 49.2 Å². The molecule has 5 atom stereocenters. The predicted molar refractivity (Wildman–Crippen MR) is 122 cm³/mol. The first-order valence-electron chi connectivity index (χ1n) is 10.9. The summed E-state index contributed by atoms with van der Waals surface area (Å²) < 4.78 is 0. The third kappa shape index (κ3) is 10.5. The van der Waals surface area contributed by atoms with Crippen LogP contribution in [-0.2, 0) is 35.2 Å². The summed E-state index contributed by atoms with van der Waals surface area (Å²) in [4.78, 5) is 70.9. The van der Waals surface area contributed by atoms with Gasteiger partial charge in [-0.3, -0.25) is 24.0 Å². The van der Waals surface area contributed by atoms with Crippen LogP contribution in [0.25, 0.3) is 0 Å². The first-order chi connectivity index (χ1) is 16.8. The highest BCUT2D eigenvalue weighted by Crippen LogP contribution is 2.07. The van der Waals surface area contributed by atoms with Crippen LogP contribution in [0.4, 0.5) is 0 Å². The summed E-state index contributed by atoms with van der Waals surface area (Å²) in [5.74, 6) is -7.20. The van der Waals surface area contributed by atoms with Gasteiger partial charge in [0.15, 0.2) is 0 Å². The van der Waals surface area contributed by atoms with Gasteiger partial charge >= 0.3 is 17.9 Å². The lowest BCUT2D eigenvalue weighted by Gasteiger charge is -2.26. The summed E-state index contributed by atoms with van der Waals surface area (Å²) in [6.45, 7) is 1.14. The maximum atomic E-state index is 13.0. The molecule has 0 aliphatic rings. The van der Waals surface area contributed by atoms with E-state index < -0.39 is 72.3 Å². The van der Waals surface area contributed by atoms with Gasteiger partial charge < -0.3 is 42.1 Å². The van der Waals surface area contributed by atoms with E-state index in [-0.39, 0.29) is 19.3 Å². The van der Waals surface area contributed by atoms with E-state index in [9.17, 15) is 33.9 Å². The molecule has 1 aromatic rings. The van der Waals surface area contributed by atoms with Crippen molar-refractivity contribution in [2.24, 2.45) is 5.73 Å². The number of aliphatic carboxylic acids is 3. The summed E-state index contributed by atoms with van der Waals surface area (Å²) in [6.07, 6.45) is -3.11. The Morgan fingerprint density at radius 1 is 0.833 bits per heavy atom. The van der Waals surface area contributed by atoms with Gasteiger partial charge in [0.05, 0.1) is 18.6 Å². The monoisotopic (exact) mass is 510 g/mol. The number of carbonyl (C=O) groups excluding carboxylic acids is 3. The van der Waals surface area contributed by atoms with Gasteiger partial charge in [-0.25, -0.2) is 4.79 Å². The van der Waals surface area contributed by atoms with Crippen LogP contribution in [0.3, 0.4) is 0 Å². The van der Waals surface area contributed by atoms with E-state index in [0.29, 0.717) is 5.56 Å². The van der Waals surface area contributed by atoms with E-state index in [1.807, 2.05) is 5.32 Å². The maximum absolute atomic E-state index is 13.0. The number of aliphatic hydroxyl groups excluding tert-OH is 1. The molecule has 0 aliphatic carbocycles. The number of benzene rings is 1. The number of carboxylic acid groups (broad SMARTS) is 3. The van der Waals surface area contributed by atoms with Crippen LogP contribution in [0, 0.1) is 0 Å². The smallest absolute Gasteiger partial charge is 0.326 e. The lowest BCUT2D eigenvalue weighted by molar-refractivity contribution is -0.148. The number of carbonyl (C=O) groups is 6. The number of hydrogen-bond donors (Lipinski definition) is 8. The molecule has 3 amide bonds. The molecule has 0 aliphatic heterocycles. The second-order valence-electron chi connectivity index (χ2n) is 8.01. The quantitative estimate of drug-likeness (QED) is 0.126. The topological polar surface area (TPSA) is 245 Å². The Labute approximate surface area is 205 Å². The standard InChI is InChI=1S/C22H30N4O10/c1-11(27)18(21(34)25-15(22(35)36)10-17(30)31)26-20(33)14(9-12-5-3-2-4-6-12)24-19(32)13(23)7-8-16(28)29/h2-6,11,13-15,18,27H,7-10,23H2,1H3,(H,24,32)(H,25,34)(H,26,33)(H,28,29)(H,30,31)(H,35,36). The number of aliphatic hydroxyl groups is 1. The largest absolute Gasteiger partial charge is 0.481 e. The summed E-state index contributed by atoms with van der Waals surface area (Å²) in [7, 11) is 0. The van der Waals surface area contributed by atoms with Gasteiger partial charge in [-0.15, -0.1) is 0 Å². The van der Waals surface area contributed by atoms with Gasteiger partial charge in [-0.05, 0) is 18.9 Å². The second-order valence-corrected chi connectivity index (χ2v) is 8.01. The molecule has 36 heavy (non-hydrogen) atoms. The number of rotatable bonds is 15. The van der Waals surface area contributed by atoms with Crippen molar-refractivity contribution in [2.45, 2.75) is 62.9 Å². The molecule has 0 spiro atoms. The summed E-state index contributed by atoms with van der Waals surface area (Å²) in [6, 6.07) is 2.37. The van der Waals surface area contributed by atoms with Crippen LogP contribution in [0.2, 0.25) is 0 Å². The van der Waals surface area contributed by atoms with Gasteiger partial charge in [0.1, 0.15) is 18.1 Å². The van der Waals surface area contributed by atoms with Crippen LogP contribution in [0.15, 0.2) is 30.3 Å². The fourth-order valence-electron chi connectivity index (χ4n) is 3.04. The molecule has 0 bridgehead atoms. The number of amides is 3. The molecule has 5 unspecified atom stereocenters. The molecule has 1 rings (SSSR count). The van der Waals surface area contributed by atoms with Gasteiger partial charge in [-0.1, -0.05) is 30.3 Å². The van der Waals surface area contributed by atoms with Crippen molar-refractivity contribution in [2.75, 3.05) is 0 Å². The minimum atomic E-state index is -1.82. The zero-order valence-corrected chi connectivity index (χ0v) is 19.4. The lowest BCUT2D eigenvalue weighted by atomic mass is 10.0. The molecule has 198 valence electrons. The van der Waals surface area contributed by atoms with E-state index in [2.05, 4.69) is 10.6 Å². The lowest BCUT2D eigenvalue weighted by Crippen LogP contribution is -2.60. The van der Waals surface area contributed by atoms with Gasteiger partial charge in [0, 0.05) is 12.8 Å². The average molecular weight is 511 g/mol. The van der Waals surface area contributed by atoms with Crippen LogP contribution in [0.5, 0.6) is 0 Å². The highest BCUT2D eigenvalue weighted by Gasteiger charge is 2.33. The Kier molecular flexibility index (Phi) is 12.0. The molecule has 0 fully saturated rings. The van der Waals surface area contributed by atoms with Crippen molar-refractivity contribution in [3.8, 4) is 0 Å². The normalized spacial score (nSPS) is 14.9. The molecule has 14 heteroatoms. The number of hydrogen-bond acceptors (Lipinski definition) is 8. The zero-order chi connectivity index (χ0) is 27.4. The first-order valence-corrected chi connectivity index (χ1v) is 10.9. The van der Waals surface area contributed by atoms with Gasteiger partial charge in [0.25, 0.3) is 0 Å². The summed E-state index contributed by atoms with van der Waals surface area (Å²) in [5, 5.41) is 43.4. The highest BCUT2D eigenvalue weighted by molar-refractivity contribution is 5.95. The Hall–Kier alpha value is -4.04. The molecule has 0 aromatic heterocycles. The van der Waals surface area contributed by atoms with Gasteiger partial charge in [-0.2, -0.15) is 0 Å². The molecular weight excluding hydrogens is 480 g/mol. The number of nitrogens with two attached hydrogens (primary N) is 1. The molecule has 0 radical (unpaired) electrons. The first kappa shape index (κ1) is 30.0. The molecule has 14 nitrogen and oxygen atoms in total. The molecular formula is C22H30N4O10. The van der Waals surface area contributed by atoms with Crippen molar-refractivity contribution in [3.63, 3.8) is 0 Å². The molecule has 1 aromatic carbocycles. The van der Waals surface area contributed by atoms with Crippen molar-refractivity contribution in [3.05, 3.63) is 35.9 Å². The van der Waals surface area contributed by atoms with E-state index in [1.54, 1.807) is 30.3 Å². The SMILES string of the molecule is CC(O)C(NC(=O)C(Cc1ccccc1)NC(=O)C(N)CCC(=O)O)C(=O)NC(CC(=O)O)C(=O)O. The second kappa shape index (κ2) is 14.4. The van der Waals surface area contributed by atoms with Crippen LogP contribution in [0.1, 0.15) is 31.7 Å². The van der Waals surface area contributed by atoms with Crippen molar-refractivity contribution in [1.29, 1.82) is 0 Å². The Bertz CT molecular complexity index is 953. The fraction of sp³-hybridized carbons (Fsp3) is 0.455. The maximum Gasteiger partial charge on any atom is 0.326 e. The minimum absolute atomic E-state index is 0.0605. The Balaban J connectivity index is 3.06. The Morgan fingerprint density at radius 2 is 1.42 bits per heavy atom. The molecule has 0 saturated carbocycles. The van der Waals surface area contributed by atoms with Gasteiger partial charge in [0.2, 0.25) is 17.7 Å². The summed E-state index contributed by atoms with van der Waals surface area (Å²) in [5.41, 5.74) is 6.33. The van der Waals surface area contributed by atoms with Crippen LogP contribution in [-0.4, -0.2) is 86.3 Å². The molecule has 0 heterocycles. The van der Waals surface area contributed by atoms with Crippen molar-refractivity contribution >= 4 is 35.6 Å². The van der Waals surface area contributed by atoms with Crippen LogP contribution < -0.4 is 21.7 Å². The van der Waals surface area contributed by atoms with E-state index in [4.69, 9.17) is 21.1 Å². The van der Waals surface area contributed by atoms with E-state index in [1.165, 1.54) is 0 Å². The average Bonchev–Trinajstić information content (AvgIpc) is 2.79. The minimum Gasteiger partial charge on any atom is -0.481 e. The number of nitrogens with one attached hydrogen (secondary N) is 3. The zero-order valence-electron chi connectivity index (χ0n) is 19.4. The molecule has 9 N–H and O–H groups in total. The van der Waals surface area contributed by atoms with Crippen molar-refractivity contribution in [1.82, 2.24) is 16.0 Å². The van der Waals surface area contributed by atoms with E-state index in [0.717, 1.165) is 6.92 Å². The highest BCUT2D eigenvalue weighted by atomic mass is 16.4. The van der Waals surface area contributed by atoms with Crippen LogP contribution >= 0.6 is 0 Å². The molecule has 0 saturated heterocycles. The van der Waals surface area contributed by atoms with E-state index >= 15 is 0 Å². The predicted octanol–water partition coefficient (Wildman–Crippen LogP) is -2.18. The number of carboxylic acids is 3. The third-order valence-corrected chi connectivity index (χ3v) is 4.98. The third-order valence-electron chi connectivity index (χ3n) is 4.98. The summed E-state index contributed by atoms with van der Waals surface area (Å²) >= 11 is 0. The fourth-order valence-corrected chi connectivity index (χ4v) is 3.04. The Morgan fingerprint density at radius 3 is 1.92 bits per heavy atom.